The van der Waals surface area contributed by atoms with Crippen LogP contribution in [0.1, 0.15) is 0 Å². The summed E-state index contributed by atoms with van der Waals surface area (Å²) in [7, 11) is 4.48. The van der Waals surface area contributed by atoms with Gasteiger partial charge in [-0.2, -0.15) is 0 Å². The molecule has 0 fully saturated rings. The average molecular weight is 322 g/mol. The van der Waals surface area contributed by atoms with Crippen LogP contribution in [-0.4, -0.2) is 38.0 Å². The van der Waals surface area contributed by atoms with Gasteiger partial charge in [-0.05, 0) is 17.9 Å². The molecule has 1 heterocycles. The van der Waals surface area contributed by atoms with Gasteiger partial charge in [-0.1, -0.05) is 11.4 Å². The van der Waals surface area contributed by atoms with Gasteiger partial charge in [0.25, 0.3) is 0 Å². The predicted molar refractivity (Wildman–Crippen MR) is 80.2 cm³/mol. The molecule has 106 valence electrons. The summed E-state index contributed by atoms with van der Waals surface area (Å²) < 4.78 is 15.1. The van der Waals surface area contributed by atoms with E-state index >= 15 is 0 Å². The van der Waals surface area contributed by atoms with Gasteiger partial charge < -0.3 is 19.1 Å². The van der Waals surface area contributed by atoms with E-state index in [0.717, 1.165) is 0 Å². The van der Waals surface area contributed by atoms with Gasteiger partial charge in [0.1, 0.15) is 0 Å². The van der Waals surface area contributed by atoms with E-state index < -0.39 is 5.69 Å². The van der Waals surface area contributed by atoms with Crippen LogP contribution in [0.5, 0.6) is 5.88 Å². The Kier molecular flexibility index (Phi) is 6.74. The van der Waals surface area contributed by atoms with E-state index in [1.165, 1.54) is 38.9 Å². The van der Waals surface area contributed by atoms with Crippen LogP contribution in [0.25, 0.3) is 0 Å². The number of rotatable bonds is 7. The van der Waals surface area contributed by atoms with E-state index in [-0.39, 0.29) is 11.7 Å². The van der Waals surface area contributed by atoms with Gasteiger partial charge in [-0.3, -0.25) is 4.79 Å². The Morgan fingerprint density at radius 3 is 2.58 bits per heavy atom. The molecule has 0 atom stereocenters. The first-order chi connectivity index (χ1) is 9.03. The molecule has 0 bridgehead atoms. The zero-order chi connectivity index (χ0) is 14.3. The Morgan fingerprint density at radius 2 is 2.11 bits per heavy atom. The Balaban J connectivity index is 2.49. The second-order valence-corrected chi connectivity index (χ2v) is 9.75. The van der Waals surface area contributed by atoms with Gasteiger partial charge in [0.2, 0.25) is 17.5 Å². The molecular weight excluding hydrogens is 307 g/mol. The lowest BCUT2D eigenvalue weighted by Crippen LogP contribution is -2.14. The van der Waals surface area contributed by atoms with Crippen molar-refractivity contribution in [3.8, 4) is 5.88 Å². The number of anilines is 1. The second kappa shape index (κ2) is 7.81. The third kappa shape index (κ3) is 5.46. The summed E-state index contributed by atoms with van der Waals surface area (Å²) >= 11 is 6.32. The van der Waals surface area contributed by atoms with Gasteiger partial charge in [0.05, 0.1) is 24.7 Å². The molecule has 0 aliphatic rings. The fourth-order valence-corrected chi connectivity index (χ4v) is 3.73. The summed E-state index contributed by atoms with van der Waals surface area (Å²) in [5.41, 5.74) is -1.81. The van der Waals surface area contributed by atoms with Crippen molar-refractivity contribution in [3.63, 3.8) is 0 Å². The van der Waals surface area contributed by atoms with Crippen molar-refractivity contribution in [2.24, 2.45) is 0 Å². The molecule has 1 aromatic rings. The molecule has 6 nitrogen and oxygen atoms in total. The van der Waals surface area contributed by atoms with Gasteiger partial charge in [0, 0.05) is 20.3 Å². The Bertz CT molecular complexity index is 461. The molecule has 1 N–H and O–H groups in total. The van der Waals surface area contributed by atoms with Gasteiger partial charge >= 0.3 is 0 Å². The summed E-state index contributed by atoms with van der Waals surface area (Å²) in [4.78, 5) is 15.7. The minimum absolute atomic E-state index is 0.158. The zero-order valence-corrected chi connectivity index (χ0v) is 13.3. The maximum Gasteiger partial charge on any atom is 0.247 e. The summed E-state index contributed by atoms with van der Waals surface area (Å²) in [6.45, 7) is 0. The monoisotopic (exact) mass is 322 g/mol. The van der Waals surface area contributed by atoms with Crippen LogP contribution < -0.4 is 10.1 Å². The number of carbonyl (C=O) groups excluding carboxylic acids is 1. The summed E-state index contributed by atoms with van der Waals surface area (Å²) in [5.74, 6) is 0.451. The molecular formula is C10H15N2O4PS2. The van der Waals surface area contributed by atoms with Crippen LogP contribution >= 0.6 is 17.1 Å². The largest absolute Gasteiger partial charge is 0.481 e. The van der Waals surface area contributed by atoms with Crippen LogP contribution in [0.2, 0.25) is 0 Å². The highest BCUT2D eigenvalue weighted by Crippen LogP contribution is 2.59. The molecule has 0 saturated carbocycles. The van der Waals surface area contributed by atoms with Crippen molar-refractivity contribution in [2.45, 2.75) is 0 Å². The van der Waals surface area contributed by atoms with Gasteiger partial charge in [-0.15, -0.1) is 0 Å². The predicted octanol–water partition coefficient (Wildman–Crippen LogP) is 2.28. The number of pyridine rings is 1. The minimum atomic E-state index is -2.40. The number of hydrogen-bond acceptors (Lipinski definition) is 7. The van der Waals surface area contributed by atoms with E-state index in [1.807, 2.05) is 0 Å². The van der Waals surface area contributed by atoms with E-state index in [0.29, 0.717) is 11.6 Å². The summed E-state index contributed by atoms with van der Waals surface area (Å²) in [6, 6.07) is 3.37. The number of ether oxygens (including phenoxy) is 1. The number of methoxy groups -OCH3 is 1. The molecule has 19 heavy (non-hydrogen) atoms. The third-order valence-corrected chi connectivity index (χ3v) is 7.71. The Morgan fingerprint density at radius 1 is 1.42 bits per heavy atom. The molecule has 0 spiro atoms. The van der Waals surface area contributed by atoms with Crippen molar-refractivity contribution < 1.29 is 18.6 Å². The van der Waals surface area contributed by atoms with Crippen molar-refractivity contribution in [3.05, 3.63) is 18.3 Å². The average Bonchev–Trinajstić information content (AvgIpc) is 2.45. The van der Waals surface area contributed by atoms with Crippen LogP contribution in [0, 0.1) is 0 Å². The summed E-state index contributed by atoms with van der Waals surface area (Å²) in [6.07, 6.45) is 1.52. The van der Waals surface area contributed by atoms with E-state index in [4.69, 9.17) is 25.6 Å². The standard InChI is InChI=1S/C10H15N2O4PS2/c1-14-10-5-4-8(6-11-10)12-9(13)7-19-17(18,15-2)16-3/h4-6H,7H2,1-3H3,(H,12,13). The van der Waals surface area contributed by atoms with Crippen LogP contribution in [-0.2, 0) is 25.6 Å². The Hall–Kier alpha value is -0.660. The highest BCUT2D eigenvalue weighted by molar-refractivity contribution is 8.68. The molecule has 0 saturated heterocycles. The van der Waals surface area contributed by atoms with Crippen LogP contribution in [0.15, 0.2) is 18.3 Å². The van der Waals surface area contributed by atoms with E-state index in [1.54, 1.807) is 12.1 Å². The molecule has 0 aliphatic heterocycles. The number of amides is 1. The summed E-state index contributed by atoms with van der Waals surface area (Å²) in [5, 5.41) is 2.70. The van der Waals surface area contributed by atoms with Crippen LogP contribution in [0.3, 0.4) is 0 Å². The topological polar surface area (TPSA) is 69.7 Å². The maximum absolute atomic E-state index is 11.7. The molecule has 1 aromatic heterocycles. The minimum Gasteiger partial charge on any atom is -0.481 e. The lowest BCUT2D eigenvalue weighted by molar-refractivity contribution is -0.113. The second-order valence-electron chi connectivity index (χ2n) is 3.22. The zero-order valence-electron chi connectivity index (χ0n) is 10.8. The highest BCUT2D eigenvalue weighted by atomic mass is 32.9. The first-order valence-electron chi connectivity index (χ1n) is 5.19. The first kappa shape index (κ1) is 16.4. The Labute approximate surface area is 121 Å². The van der Waals surface area contributed by atoms with Gasteiger partial charge in [-0.25, -0.2) is 4.98 Å². The maximum atomic E-state index is 11.7. The normalized spacial score (nSPS) is 11.1. The number of hydrogen-bond donors (Lipinski definition) is 1. The van der Waals surface area contributed by atoms with Crippen molar-refractivity contribution in [1.82, 2.24) is 4.98 Å². The number of nitrogens with one attached hydrogen (secondary N) is 1. The van der Waals surface area contributed by atoms with E-state index in [2.05, 4.69) is 10.3 Å². The number of nitrogens with zero attached hydrogens (tertiary/aromatic N) is 1. The SMILES string of the molecule is COc1ccc(NC(=O)CSP(=S)(OC)OC)cn1. The van der Waals surface area contributed by atoms with Crippen LogP contribution in [0.4, 0.5) is 5.69 Å². The smallest absolute Gasteiger partial charge is 0.247 e. The lowest BCUT2D eigenvalue weighted by atomic mass is 10.4. The molecule has 1 amide bonds. The number of carbonyl (C=O) groups is 1. The molecule has 0 unspecified atom stereocenters. The molecule has 0 aromatic carbocycles. The molecule has 1 rings (SSSR count). The fourth-order valence-electron chi connectivity index (χ4n) is 1.09. The quantitative estimate of drug-likeness (QED) is 0.772. The van der Waals surface area contributed by atoms with Crippen molar-refractivity contribution in [1.29, 1.82) is 0 Å². The van der Waals surface area contributed by atoms with Crippen molar-refractivity contribution in [2.75, 3.05) is 32.4 Å². The molecule has 0 radical (unpaired) electrons. The van der Waals surface area contributed by atoms with Gasteiger partial charge in [0.15, 0.2) is 0 Å². The third-order valence-electron chi connectivity index (χ3n) is 2.03. The molecule has 0 aliphatic carbocycles. The lowest BCUT2D eigenvalue weighted by Gasteiger charge is -2.16. The highest BCUT2D eigenvalue weighted by Gasteiger charge is 2.18. The first-order valence-corrected chi connectivity index (χ1v) is 9.42. The van der Waals surface area contributed by atoms with E-state index in [9.17, 15) is 4.79 Å². The number of aromatic nitrogens is 1. The van der Waals surface area contributed by atoms with Crippen molar-refractivity contribution >= 4 is 40.5 Å². The molecule has 9 heteroatoms. The fraction of sp³-hybridized carbons (Fsp3) is 0.400.